The Hall–Kier alpha value is -1.56. The molecule has 0 fully saturated rings. The van der Waals surface area contributed by atoms with E-state index in [2.05, 4.69) is 15.3 Å². The van der Waals surface area contributed by atoms with E-state index < -0.39 is 5.92 Å². The molecule has 0 spiro atoms. The van der Waals surface area contributed by atoms with Gasteiger partial charge in [0, 0.05) is 12.4 Å². The average Bonchev–Trinajstić information content (AvgIpc) is 2.19. The van der Waals surface area contributed by atoms with Crippen LogP contribution in [-0.2, 0) is 4.79 Å². The summed E-state index contributed by atoms with van der Waals surface area (Å²) in [5.74, 6) is -0.301. The number of carbonyl (C=O) groups is 1. The van der Waals surface area contributed by atoms with Gasteiger partial charge in [0.15, 0.2) is 5.82 Å². The zero-order valence-electron chi connectivity index (χ0n) is 8.30. The van der Waals surface area contributed by atoms with Crippen molar-refractivity contribution in [3.8, 4) is 0 Å². The zero-order chi connectivity index (χ0) is 11.3. The van der Waals surface area contributed by atoms with Gasteiger partial charge >= 0.3 is 0 Å². The van der Waals surface area contributed by atoms with Crippen LogP contribution < -0.4 is 11.1 Å². The van der Waals surface area contributed by atoms with Crippen LogP contribution in [-0.4, -0.2) is 20.9 Å². The Balaban J connectivity index is 2.66. The number of nitrogens with two attached hydrogens (primary N) is 1. The maximum atomic E-state index is 11.6. The molecule has 0 saturated heterocycles. The van der Waals surface area contributed by atoms with Crippen molar-refractivity contribution in [3.05, 3.63) is 18.6 Å². The highest BCUT2D eigenvalue weighted by molar-refractivity contribution is 7.80. The van der Waals surface area contributed by atoms with Gasteiger partial charge in [0.25, 0.3) is 0 Å². The molecule has 5 nitrogen and oxygen atoms in total. The summed E-state index contributed by atoms with van der Waals surface area (Å²) >= 11 is 4.79. The first-order chi connectivity index (χ1) is 7.15. The molecule has 0 bridgehead atoms. The molecule has 0 aliphatic rings. The fourth-order valence-corrected chi connectivity index (χ4v) is 1.37. The van der Waals surface area contributed by atoms with Gasteiger partial charge < -0.3 is 11.1 Å². The minimum absolute atomic E-state index is 0.193. The number of amides is 1. The summed E-state index contributed by atoms with van der Waals surface area (Å²) in [7, 11) is 0. The number of anilines is 1. The minimum atomic E-state index is -0.456. The molecule has 1 rings (SSSR count). The topological polar surface area (TPSA) is 80.9 Å². The second kappa shape index (κ2) is 5.35. The zero-order valence-corrected chi connectivity index (χ0v) is 9.12. The fourth-order valence-electron chi connectivity index (χ4n) is 1.09. The molecular formula is C9H12N4OS. The highest BCUT2D eigenvalue weighted by Gasteiger charge is 2.19. The van der Waals surface area contributed by atoms with Gasteiger partial charge in [0.2, 0.25) is 5.91 Å². The van der Waals surface area contributed by atoms with Crippen molar-refractivity contribution in [2.45, 2.75) is 13.3 Å². The van der Waals surface area contributed by atoms with Gasteiger partial charge in [-0.3, -0.25) is 9.78 Å². The third-order valence-electron chi connectivity index (χ3n) is 1.88. The van der Waals surface area contributed by atoms with E-state index in [4.69, 9.17) is 18.0 Å². The van der Waals surface area contributed by atoms with Gasteiger partial charge in [-0.2, -0.15) is 0 Å². The van der Waals surface area contributed by atoms with E-state index in [9.17, 15) is 4.79 Å². The summed E-state index contributed by atoms with van der Waals surface area (Å²) in [6, 6.07) is 0. The summed E-state index contributed by atoms with van der Waals surface area (Å²) in [4.78, 5) is 19.6. The lowest BCUT2D eigenvalue weighted by atomic mass is 10.1. The molecular weight excluding hydrogens is 212 g/mol. The number of thiocarbonyl (C=S) groups is 1. The van der Waals surface area contributed by atoms with Crippen molar-refractivity contribution in [2.24, 2.45) is 11.7 Å². The molecule has 15 heavy (non-hydrogen) atoms. The van der Waals surface area contributed by atoms with E-state index in [0.29, 0.717) is 12.2 Å². The van der Waals surface area contributed by atoms with E-state index in [-0.39, 0.29) is 10.9 Å². The highest BCUT2D eigenvalue weighted by atomic mass is 32.1. The van der Waals surface area contributed by atoms with Gasteiger partial charge in [-0.05, 0) is 6.42 Å². The van der Waals surface area contributed by atoms with Gasteiger partial charge in [-0.1, -0.05) is 19.1 Å². The van der Waals surface area contributed by atoms with E-state index in [1.807, 2.05) is 6.92 Å². The second-order valence-corrected chi connectivity index (χ2v) is 3.41. The number of carbonyl (C=O) groups excluding carboxylic acids is 1. The highest BCUT2D eigenvalue weighted by Crippen LogP contribution is 2.07. The Morgan fingerprint density at radius 2 is 2.40 bits per heavy atom. The number of nitrogens with one attached hydrogen (secondary N) is 1. The summed E-state index contributed by atoms with van der Waals surface area (Å²) < 4.78 is 0. The molecule has 1 aromatic rings. The monoisotopic (exact) mass is 224 g/mol. The number of nitrogens with zero attached hydrogens (tertiary/aromatic N) is 2. The molecule has 80 valence electrons. The Bertz CT molecular complexity index is 354. The lowest BCUT2D eigenvalue weighted by Gasteiger charge is -2.12. The van der Waals surface area contributed by atoms with Crippen molar-refractivity contribution in [1.82, 2.24) is 9.97 Å². The molecule has 0 saturated carbocycles. The molecule has 6 heteroatoms. The second-order valence-electron chi connectivity index (χ2n) is 2.94. The van der Waals surface area contributed by atoms with E-state index >= 15 is 0 Å². The molecule has 1 amide bonds. The molecule has 1 unspecified atom stereocenters. The Labute approximate surface area is 93.1 Å². The first-order valence-corrected chi connectivity index (χ1v) is 4.92. The largest absolute Gasteiger partial charge is 0.393 e. The third-order valence-corrected chi connectivity index (χ3v) is 2.17. The molecule has 1 atom stereocenters. The quantitative estimate of drug-likeness (QED) is 0.737. The molecule has 3 N–H and O–H groups in total. The third kappa shape index (κ3) is 3.25. The summed E-state index contributed by atoms with van der Waals surface area (Å²) in [6.45, 7) is 1.85. The van der Waals surface area contributed by atoms with Crippen LogP contribution in [0.3, 0.4) is 0 Å². The Morgan fingerprint density at radius 1 is 1.67 bits per heavy atom. The van der Waals surface area contributed by atoms with Gasteiger partial charge in [0.05, 0.1) is 17.1 Å². The van der Waals surface area contributed by atoms with Crippen LogP contribution in [0.15, 0.2) is 18.6 Å². The van der Waals surface area contributed by atoms with Crippen LogP contribution in [0.4, 0.5) is 5.82 Å². The van der Waals surface area contributed by atoms with Crippen LogP contribution in [0, 0.1) is 5.92 Å². The number of hydrogen-bond donors (Lipinski definition) is 2. The van der Waals surface area contributed by atoms with Crippen molar-refractivity contribution in [1.29, 1.82) is 0 Å². The Kier molecular flexibility index (Phi) is 4.11. The van der Waals surface area contributed by atoms with Crippen molar-refractivity contribution >= 4 is 28.9 Å². The van der Waals surface area contributed by atoms with Gasteiger partial charge in [0.1, 0.15) is 0 Å². The average molecular weight is 224 g/mol. The predicted octanol–water partition coefficient (Wildman–Crippen LogP) is 0.727. The number of aromatic nitrogens is 2. The maximum Gasteiger partial charge on any atom is 0.235 e. The van der Waals surface area contributed by atoms with Gasteiger partial charge in [-0.15, -0.1) is 0 Å². The summed E-state index contributed by atoms with van der Waals surface area (Å²) in [6.07, 6.45) is 5.06. The molecule has 1 aromatic heterocycles. The van der Waals surface area contributed by atoms with Gasteiger partial charge in [-0.25, -0.2) is 4.98 Å². The molecule has 0 aliphatic heterocycles. The number of hydrogen-bond acceptors (Lipinski definition) is 4. The van der Waals surface area contributed by atoms with E-state index in [0.717, 1.165) is 0 Å². The van der Waals surface area contributed by atoms with Crippen molar-refractivity contribution in [3.63, 3.8) is 0 Å². The fraction of sp³-hybridized carbons (Fsp3) is 0.333. The van der Waals surface area contributed by atoms with Crippen LogP contribution in [0.25, 0.3) is 0 Å². The van der Waals surface area contributed by atoms with Crippen LogP contribution in [0.5, 0.6) is 0 Å². The maximum absolute atomic E-state index is 11.6. The lowest BCUT2D eigenvalue weighted by molar-refractivity contribution is -0.118. The SMILES string of the molecule is CCC(C(=O)Nc1cnccn1)C(N)=S. The normalized spacial score (nSPS) is 11.8. The van der Waals surface area contributed by atoms with Crippen molar-refractivity contribution < 1.29 is 4.79 Å². The molecule has 0 aliphatic carbocycles. The first-order valence-electron chi connectivity index (χ1n) is 4.51. The van der Waals surface area contributed by atoms with Crippen LogP contribution >= 0.6 is 12.2 Å². The van der Waals surface area contributed by atoms with Crippen molar-refractivity contribution in [2.75, 3.05) is 5.32 Å². The first kappa shape index (κ1) is 11.5. The molecule has 1 heterocycles. The van der Waals surface area contributed by atoms with E-state index in [1.165, 1.54) is 18.6 Å². The number of rotatable bonds is 4. The van der Waals surface area contributed by atoms with E-state index in [1.54, 1.807) is 0 Å². The molecule has 0 radical (unpaired) electrons. The summed E-state index contributed by atoms with van der Waals surface area (Å²) in [5.41, 5.74) is 5.44. The lowest BCUT2D eigenvalue weighted by Crippen LogP contribution is -2.32. The summed E-state index contributed by atoms with van der Waals surface area (Å²) in [5, 5.41) is 2.59. The smallest absolute Gasteiger partial charge is 0.235 e. The standard InChI is InChI=1S/C9H12N4OS/c1-2-6(8(10)15)9(14)13-7-5-11-3-4-12-7/h3-6H,2H2,1H3,(H2,10,15)(H,12,13,14). The Morgan fingerprint density at radius 3 is 2.87 bits per heavy atom. The van der Waals surface area contributed by atoms with Crippen LogP contribution in [0.1, 0.15) is 13.3 Å². The molecule has 0 aromatic carbocycles. The predicted molar refractivity (Wildman–Crippen MR) is 61.2 cm³/mol. The minimum Gasteiger partial charge on any atom is -0.393 e. The van der Waals surface area contributed by atoms with Crippen LogP contribution in [0.2, 0.25) is 0 Å².